The maximum absolute atomic E-state index is 12.7. The number of aromatic nitrogens is 1. The molecule has 27 heavy (non-hydrogen) atoms. The number of carbonyl (C=O) groups is 2. The number of likely N-dealkylation sites (tertiary alicyclic amines) is 1. The van der Waals surface area contributed by atoms with Gasteiger partial charge in [-0.15, -0.1) is 0 Å². The number of amides is 2. The molecule has 2 aliphatic heterocycles. The molecule has 2 saturated heterocycles. The van der Waals surface area contributed by atoms with Gasteiger partial charge >= 0.3 is 6.09 Å². The highest BCUT2D eigenvalue weighted by atomic mass is 79.9. The van der Waals surface area contributed by atoms with E-state index in [-0.39, 0.29) is 17.5 Å². The average Bonchev–Trinajstić information content (AvgIpc) is 3.03. The highest BCUT2D eigenvalue weighted by molar-refractivity contribution is 9.10. The van der Waals surface area contributed by atoms with Gasteiger partial charge in [0, 0.05) is 29.8 Å². The van der Waals surface area contributed by atoms with Gasteiger partial charge in [-0.05, 0) is 37.1 Å². The van der Waals surface area contributed by atoms with Crippen molar-refractivity contribution in [1.29, 1.82) is 0 Å². The second-order valence-electron chi connectivity index (χ2n) is 6.72. The fourth-order valence-corrected chi connectivity index (χ4v) is 3.68. The van der Waals surface area contributed by atoms with Crippen molar-refractivity contribution in [3.05, 3.63) is 52.6 Å². The van der Waals surface area contributed by atoms with Crippen molar-refractivity contribution in [3.8, 4) is 11.6 Å². The van der Waals surface area contributed by atoms with Crippen LogP contribution in [0.15, 0.2) is 47.1 Å². The van der Waals surface area contributed by atoms with Crippen LogP contribution < -0.4 is 10.1 Å². The first-order valence-corrected chi connectivity index (χ1v) is 9.46. The summed E-state index contributed by atoms with van der Waals surface area (Å²) in [5.41, 5.74) is 0.188. The number of pyridine rings is 1. The second kappa shape index (κ2) is 7.19. The van der Waals surface area contributed by atoms with Crippen LogP contribution >= 0.6 is 15.9 Å². The minimum Gasteiger partial charge on any atom is -0.447 e. The van der Waals surface area contributed by atoms with E-state index in [4.69, 9.17) is 9.47 Å². The van der Waals surface area contributed by atoms with Crippen LogP contribution in [0.1, 0.15) is 23.2 Å². The molecule has 2 amide bonds. The maximum Gasteiger partial charge on any atom is 0.407 e. The summed E-state index contributed by atoms with van der Waals surface area (Å²) in [5.74, 6) is 1.02. The summed E-state index contributed by atoms with van der Waals surface area (Å²) in [4.78, 5) is 30.0. The van der Waals surface area contributed by atoms with Crippen LogP contribution in [-0.2, 0) is 4.74 Å². The average molecular weight is 432 g/mol. The molecular weight excluding hydrogens is 414 g/mol. The van der Waals surface area contributed by atoms with Gasteiger partial charge in [0.1, 0.15) is 12.4 Å². The van der Waals surface area contributed by atoms with Gasteiger partial charge in [-0.25, -0.2) is 9.78 Å². The molecule has 0 unspecified atom stereocenters. The van der Waals surface area contributed by atoms with E-state index in [9.17, 15) is 9.59 Å². The van der Waals surface area contributed by atoms with Crippen molar-refractivity contribution < 1.29 is 19.1 Å². The largest absolute Gasteiger partial charge is 0.447 e. The lowest BCUT2D eigenvalue weighted by Crippen LogP contribution is -2.53. The van der Waals surface area contributed by atoms with Gasteiger partial charge in [0.25, 0.3) is 5.91 Å². The molecule has 0 saturated carbocycles. The van der Waals surface area contributed by atoms with Gasteiger partial charge in [0.15, 0.2) is 0 Å². The quantitative estimate of drug-likeness (QED) is 0.805. The van der Waals surface area contributed by atoms with Crippen molar-refractivity contribution in [2.45, 2.75) is 18.4 Å². The lowest BCUT2D eigenvalue weighted by Gasteiger charge is -2.37. The van der Waals surface area contributed by atoms with E-state index in [0.717, 1.165) is 4.47 Å². The molecule has 0 aliphatic carbocycles. The zero-order chi connectivity index (χ0) is 18.9. The van der Waals surface area contributed by atoms with E-state index in [2.05, 4.69) is 26.2 Å². The van der Waals surface area contributed by atoms with Gasteiger partial charge in [-0.3, -0.25) is 4.79 Å². The third-order valence-electron chi connectivity index (χ3n) is 4.86. The first kappa shape index (κ1) is 17.8. The number of alkyl carbamates (subject to hydrolysis) is 1. The summed E-state index contributed by atoms with van der Waals surface area (Å²) < 4.78 is 11.6. The topological polar surface area (TPSA) is 80.8 Å². The van der Waals surface area contributed by atoms with Gasteiger partial charge in [-0.2, -0.15) is 0 Å². The third-order valence-corrected chi connectivity index (χ3v) is 5.35. The Labute approximate surface area is 164 Å². The van der Waals surface area contributed by atoms with E-state index >= 15 is 0 Å². The first-order valence-electron chi connectivity index (χ1n) is 8.67. The summed E-state index contributed by atoms with van der Waals surface area (Å²) in [5, 5.41) is 2.87. The standard InChI is InChI=1S/C19H18BrN3O4/c20-14-2-1-3-15(10-14)27-16-5-4-13(11-21-16)17(24)23-8-6-19(7-9-23)12-26-18(25)22-19/h1-5,10-11H,6-9,12H2,(H,22,25). The summed E-state index contributed by atoms with van der Waals surface area (Å²) in [7, 11) is 0. The Morgan fingerprint density at radius 2 is 2.07 bits per heavy atom. The number of nitrogens with one attached hydrogen (secondary N) is 1. The molecule has 0 atom stereocenters. The number of cyclic esters (lactones) is 1. The molecule has 7 nitrogen and oxygen atoms in total. The SMILES string of the molecule is O=C1NC2(CCN(C(=O)c3ccc(Oc4cccc(Br)c4)nc3)CC2)CO1. The van der Waals surface area contributed by atoms with Crippen LogP contribution in [0.25, 0.3) is 0 Å². The van der Waals surface area contributed by atoms with Crippen molar-refractivity contribution in [1.82, 2.24) is 15.2 Å². The Balaban J connectivity index is 1.37. The van der Waals surface area contributed by atoms with E-state index in [1.807, 2.05) is 24.3 Å². The molecule has 2 aromatic rings. The van der Waals surface area contributed by atoms with Gasteiger partial charge < -0.3 is 19.7 Å². The van der Waals surface area contributed by atoms with Crippen LogP contribution in [0, 0.1) is 0 Å². The Kier molecular flexibility index (Phi) is 4.73. The number of nitrogens with zero attached hydrogens (tertiary/aromatic N) is 2. The lowest BCUT2D eigenvalue weighted by molar-refractivity contribution is 0.0642. The molecule has 1 N–H and O–H groups in total. The van der Waals surface area contributed by atoms with Crippen molar-refractivity contribution in [2.24, 2.45) is 0 Å². The molecule has 2 aliphatic rings. The monoisotopic (exact) mass is 431 g/mol. The fourth-order valence-electron chi connectivity index (χ4n) is 3.30. The fraction of sp³-hybridized carbons (Fsp3) is 0.316. The molecule has 0 bridgehead atoms. The molecule has 1 aromatic heterocycles. The Bertz CT molecular complexity index is 864. The smallest absolute Gasteiger partial charge is 0.407 e. The molecule has 1 aromatic carbocycles. The summed E-state index contributed by atoms with van der Waals surface area (Å²) >= 11 is 3.39. The highest BCUT2D eigenvalue weighted by Crippen LogP contribution is 2.28. The third kappa shape index (κ3) is 3.90. The Morgan fingerprint density at radius 3 is 2.70 bits per heavy atom. The number of carbonyl (C=O) groups excluding carboxylic acids is 2. The molecule has 8 heteroatoms. The van der Waals surface area contributed by atoms with E-state index in [1.165, 1.54) is 6.20 Å². The van der Waals surface area contributed by atoms with Crippen LogP contribution in [0.2, 0.25) is 0 Å². The molecule has 140 valence electrons. The second-order valence-corrected chi connectivity index (χ2v) is 7.63. The summed E-state index contributed by atoms with van der Waals surface area (Å²) in [6, 6.07) is 10.9. The number of rotatable bonds is 3. The van der Waals surface area contributed by atoms with Gasteiger partial charge in [0.05, 0.1) is 11.1 Å². The Morgan fingerprint density at radius 1 is 1.26 bits per heavy atom. The normalized spacial score (nSPS) is 18.1. The highest BCUT2D eigenvalue weighted by Gasteiger charge is 2.42. The molecule has 4 rings (SSSR count). The predicted octanol–water partition coefficient (Wildman–Crippen LogP) is 3.35. The van der Waals surface area contributed by atoms with E-state index in [0.29, 0.717) is 49.7 Å². The molecule has 0 radical (unpaired) electrons. The number of ether oxygens (including phenoxy) is 2. The van der Waals surface area contributed by atoms with Crippen LogP contribution in [0.3, 0.4) is 0 Å². The molecule has 1 spiro atoms. The van der Waals surface area contributed by atoms with Crippen molar-refractivity contribution in [2.75, 3.05) is 19.7 Å². The molecule has 3 heterocycles. The summed E-state index contributed by atoms with van der Waals surface area (Å²) in [6.07, 6.45) is 2.52. The number of halogens is 1. The van der Waals surface area contributed by atoms with Gasteiger partial charge in [-0.1, -0.05) is 22.0 Å². The zero-order valence-corrected chi connectivity index (χ0v) is 16.1. The van der Waals surface area contributed by atoms with Crippen molar-refractivity contribution >= 4 is 27.9 Å². The number of benzene rings is 1. The van der Waals surface area contributed by atoms with E-state index in [1.54, 1.807) is 17.0 Å². The lowest BCUT2D eigenvalue weighted by atomic mass is 9.89. The van der Waals surface area contributed by atoms with Crippen LogP contribution in [0.5, 0.6) is 11.6 Å². The predicted molar refractivity (Wildman–Crippen MR) is 101 cm³/mol. The molecule has 2 fully saturated rings. The van der Waals surface area contributed by atoms with E-state index < -0.39 is 0 Å². The molecular formula is C19H18BrN3O4. The first-order chi connectivity index (χ1) is 13.0. The number of hydrogen-bond donors (Lipinski definition) is 1. The van der Waals surface area contributed by atoms with Crippen LogP contribution in [0.4, 0.5) is 4.79 Å². The summed E-state index contributed by atoms with van der Waals surface area (Å²) in [6.45, 7) is 1.51. The Hall–Kier alpha value is -2.61. The minimum absolute atomic E-state index is 0.0726. The minimum atomic E-state index is -0.375. The van der Waals surface area contributed by atoms with Crippen molar-refractivity contribution in [3.63, 3.8) is 0 Å². The number of hydrogen-bond acceptors (Lipinski definition) is 5. The number of piperidine rings is 1. The van der Waals surface area contributed by atoms with Gasteiger partial charge in [0.2, 0.25) is 5.88 Å². The zero-order valence-electron chi connectivity index (χ0n) is 14.5. The maximum atomic E-state index is 12.7. The van der Waals surface area contributed by atoms with Crippen LogP contribution in [-0.4, -0.2) is 47.1 Å².